The van der Waals surface area contributed by atoms with Gasteiger partial charge in [0.25, 0.3) is 0 Å². The first-order valence-electron chi connectivity index (χ1n) is 6.02. The SMILES string of the molecule is CC(C)(CNCc1cncn1C1CC1)C(N)=O. The molecular formula is C12H20N4O. The molecule has 0 radical (unpaired) electrons. The van der Waals surface area contributed by atoms with Crippen LogP contribution in [-0.2, 0) is 11.3 Å². The zero-order valence-electron chi connectivity index (χ0n) is 10.4. The summed E-state index contributed by atoms with van der Waals surface area (Å²) in [5, 5.41) is 3.27. The zero-order valence-corrected chi connectivity index (χ0v) is 10.4. The lowest BCUT2D eigenvalue weighted by atomic mass is 9.93. The van der Waals surface area contributed by atoms with Gasteiger partial charge in [-0.25, -0.2) is 4.98 Å². The number of carbonyl (C=O) groups excluding carboxylic acids is 1. The fourth-order valence-electron chi connectivity index (χ4n) is 1.74. The molecule has 94 valence electrons. The Labute approximate surface area is 101 Å². The Balaban J connectivity index is 1.85. The molecule has 2 rings (SSSR count). The Morgan fingerprint density at radius 1 is 1.65 bits per heavy atom. The van der Waals surface area contributed by atoms with E-state index in [1.165, 1.54) is 18.5 Å². The monoisotopic (exact) mass is 236 g/mol. The molecule has 1 saturated carbocycles. The highest BCUT2D eigenvalue weighted by atomic mass is 16.1. The van der Waals surface area contributed by atoms with Gasteiger partial charge >= 0.3 is 0 Å². The van der Waals surface area contributed by atoms with Crippen molar-refractivity contribution >= 4 is 5.91 Å². The number of nitrogens with one attached hydrogen (secondary N) is 1. The van der Waals surface area contributed by atoms with Gasteiger partial charge in [-0.1, -0.05) is 0 Å². The molecule has 0 aliphatic heterocycles. The van der Waals surface area contributed by atoms with Crippen molar-refractivity contribution in [3.8, 4) is 0 Å². The van der Waals surface area contributed by atoms with Crippen molar-refractivity contribution in [2.75, 3.05) is 6.54 Å². The molecule has 0 atom stereocenters. The number of imidazole rings is 1. The first-order valence-corrected chi connectivity index (χ1v) is 6.02. The molecule has 1 fully saturated rings. The number of hydrogen-bond donors (Lipinski definition) is 2. The number of primary amides is 1. The number of aromatic nitrogens is 2. The van der Waals surface area contributed by atoms with Crippen LogP contribution in [0.15, 0.2) is 12.5 Å². The van der Waals surface area contributed by atoms with Crippen LogP contribution < -0.4 is 11.1 Å². The van der Waals surface area contributed by atoms with E-state index in [1.54, 1.807) is 0 Å². The molecule has 1 aromatic rings. The molecule has 0 spiro atoms. The van der Waals surface area contributed by atoms with E-state index in [0.717, 1.165) is 6.54 Å². The van der Waals surface area contributed by atoms with Gasteiger partial charge in [-0.05, 0) is 26.7 Å². The third kappa shape index (κ3) is 2.85. The van der Waals surface area contributed by atoms with Crippen molar-refractivity contribution in [1.29, 1.82) is 0 Å². The normalized spacial score (nSPS) is 16.1. The van der Waals surface area contributed by atoms with Gasteiger partial charge in [0.05, 0.1) is 17.4 Å². The summed E-state index contributed by atoms with van der Waals surface area (Å²) in [6.07, 6.45) is 6.25. The first kappa shape index (κ1) is 12.1. The van der Waals surface area contributed by atoms with Crippen molar-refractivity contribution in [1.82, 2.24) is 14.9 Å². The largest absolute Gasteiger partial charge is 0.369 e. The summed E-state index contributed by atoms with van der Waals surface area (Å²) in [6.45, 7) is 5.01. The van der Waals surface area contributed by atoms with E-state index in [9.17, 15) is 4.79 Å². The van der Waals surface area contributed by atoms with E-state index >= 15 is 0 Å². The Kier molecular flexibility index (Phi) is 3.19. The molecule has 1 amide bonds. The van der Waals surface area contributed by atoms with Crippen LogP contribution in [0.4, 0.5) is 0 Å². The van der Waals surface area contributed by atoms with Crippen molar-refractivity contribution in [3.05, 3.63) is 18.2 Å². The van der Waals surface area contributed by atoms with Crippen molar-refractivity contribution in [2.45, 2.75) is 39.3 Å². The lowest BCUT2D eigenvalue weighted by Crippen LogP contribution is -2.40. The molecule has 1 aliphatic rings. The smallest absolute Gasteiger partial charge is 0.224 e. The highest BCUT2D eigenvalue weighted by molar-refractivity contribution is 5.80. The van der Waals surface area contributed by atoms with Crippen LogP contribution in [0.25, 0.3) is 0 Å². The second kappa shape index (κ2) is 4.49. The van der Waals surface area contributed by atoms with Gasteiger partial charge < -0.3 is 15.6 Å². The molecule has 0 bridgehead atoms. The van der Waals surface area contributed by atoms with E-state index in [0.29, 0.717) is 12.6 Å². The molecule has 5 heteroatoms. The molecule has 1 aliphatic carbocycles. The Hall–Kier alpha value is -1.36. The summed E-state index contributed by atoms with van der Waals surface area (Å²) >= 11 is 0. The molecule has 0 unspecified atom stereocenters. The Morgan fingerprint density at radius 2 is 2.35 bits per heavy atom. The van der Waals surface area contributed by atoms with E-state index < -0.39 is 5.41 Å². The van der Waals surface area contributed by atoms with Crippen molar-refractivity contribution in [3.63, 3.8) is 0 Å². The number of rotatable bonds is 6. The minimum absolute atomic E-state index is 0.277. The second-order valence-corrected chi connectivity index (χ2v) is 5.38. The molecular weight excluding hydrogens is 216 g/mol. The van der Waals surface area contributed by atoms with Gasteiger partial charge in [-0.3, -0.25) is 4.79 Å². The highest BCUT2D eigenvalue weighted by Gasteiger charge is 2.26. The predicted octanol–water partition coefficient (Wildman–Crippen LogP) is 0.819. The number of nitrogens with two attached hydrogens (primary N) is 1. The van der Waals surface area contributed by atoms with E-state index in [2.05, 4.69) is 14.9 Å². The Bertz CT molecular complexity index is 406. The highest BCUT2D eigenvalue weighted by Crippen LogP contribution is 2.35. The summed E-state index contributed by atoms with van der Waals surface area (Å²) in [5.74, 6) is -0.277. The first-order chi connectivity index (χ1) is 8.00. The average molecular weight is 236 g/mol. The second-order valence-electron chi connectivity index (χ2n) is 5.38. The van der Waals surface area contributed by atoms with Gasteiger partial charge in [0.1, 0.15) is 0 Å². The van der Waals surface area contributed by atoms with Crippen LogP contribution in [0, 0.1) is 5.41 Å². The van der Waals surface area contributed by atoms with Crippen molar-refractivity contribution < 1.29 is 4.79 Å². The van der Waals surface area contributed by atoms with Crippen LogP contribution in [0.5, 0.6) is 0 Å². The van der Waals surface area contributed by atoms with E-state index in [-0.39, 0.29) is 5.91 Å². The maximum atomic E-state index is 11.2. The lowest BCUT2D eigenvalue weighted by Gasteiger charge is -2.21. The van der Waals surface area contributed by atoms with Crippen LogP contribution in [0.2, 0.25) is 0 Å². The lowest BCUT2D eigenvalue weighted by molar-refractivity contribution is -0.125. The maximum Gasteiger partial charge on any atom is 0.224 e. The molecule has 0 saturated heterocycles. The molecule has 17 heavy (non-hydrogen) atoms. The number of hydrogen-bond acceptors (Lipinski definition) is 3. The molecule has 0 aromatic carbocycles. The van der Waals surface area contributed by atoms with Gasteiger partial charge in [-0.15, -0.1) is 0 Å². The van der Waals surface area contributed by atoms with Crippen LogP contribution in [0.1, 0.15) is 38.4 Å². The molecule has 1 aromatic heterocycles. The minimum Gasteiger partial charge on any atom is -0.369 e. The van der Waals surface area contributed by atoms with Crippen molar-refractivity contribution in [2.24, 2.45) is 11.1 Å². The summed E-state index contributed by atoms with van der Waals surface area (Å²) in [6, 6.07) is 0.637. The summed E-state index contributed by atoms with van der Waals surface area (Å²) in [4.78, 5) is 15.3. The molecule has 5 nitrogen and oxygen atoms in total. The standard InChI is InChI=1S/C12H20N4O/c1-12(2,11(13)17)7-14-5-10-6-15-8-16(10)9-3-4-9/h6,8-9,14H,3-5,7H2,1-2H3,(H2,13,17). The Morgan fingerprint density at radius 3 is 2.94 bits per heavy atom. The molecule has 3 N–H and O–H groups in total. The average Bonchev–Trinajstić information content (AvgIpc) is 2.99. The third-order valence-corrected chi connectivity index (χ3v) is 3.23. The fourth-order valence-corrected chi connectivity index (χ4v) is 1.74. The number of nitrogens with zero attached hydrogens (tertiary/aromatic N) is 2. The van der Waals surface area contributed by atoms with Crippen LogP contribution >= 0.6 is 0 Å². The zero-order chi connectivity index (χ0) is 12.5. The van der Waals surface area contributed by atoms with Gasteiger partial charge in [-0.2, -0.15) is 0 Å². The summed E-state index contributed by atoms with van der Waals surface area (Å²) in [5.41, 5.74) is 5.99. The maximum absolute atomic E-state index is 11.2. The van der Waals surface area contributed by atoms with Crippen LogP contribution in [-0.4, -0.2) is 22.0 Å². The quantitative estimate of drug-likeness (QED) is 0.768. The minimum atomic E-state index is -0.509. The number of carbonyl (C=O) groups is 1. The van der Waals surface area contributed by atoms with Gasteiger partial charge in [0.15, 0.2) is 0 Å². The summed E-state index contributed by atoms with van der Waals surface area (Å²) in [7, 11) is 0. The summed E-state index contributed by atoms with van der Waals surface area (Å²) < 4.78 is 2.21. The third-order valence-electron chi connectivity index (χ3n) is 3.23. The van der Waals surface area contributed by atoms with E-state index in [4.69, 9.17) is 5.73 Å². The predicted molar refractivity (Wildman–Crippen MR) is 65.2 cm³/mol. The number of amides is 1. The molecule has 1 heterocycles. The topological polar surface area (TPSA) is 72.9 Å². The van der Waals surface area contributed by atoms with E-state index in [1.807, 2.05) is 26.4 Å². The fraction of sp³-hybridized carbons (Fsp3) is 0.667. The van der Waals surface area contributed by atoms with Crippen LogP contribution in [0.3, 0.4) is 0 Å². The van der Waals surface area contributed by atoms with Gasteiger partial charge in [0, 0.05) is 25.3 Å². The van der Waals surface area contributed by atoms with Gasteiger partial charge in [0.2, 0.25) is 5.91 Å².